The topological polar surface area (TPSA) is 57.7 Å². The van der Waals surface area contributed by atoms with Gasteiger partial charge in [0.2, 0.25) is 5.91 Å². The maximum absolute atomic E-state index is 12.9. The molecular formula is C22H24N2O3. The number of carbonyl (C=O) groups excluding carboxylic acids is 3. The molecule has 0 fully saturated rings. The molecule has 2 aromatic rings. The van der Waals surface area contributed by atoms with Gasteiger partial charge in [-0.3, -0.25) is 24.2 Å². The minimum Gasteiger partial charge on any atom is -0.293 e. The van der Waals surface area contributed by atoms with Gasteiger partial charge >= 0.3 is 0 Å². The van der Waals surface area contributed by atoms with E-state index >= 15 is 0 Å². The molecule has 0 aliphatic carbocycles. The van der Waals surface area contributed by atoms with Crippen LogP contribution in [0.5, 0.6) is 0 Å². The van der Waals surface area contributed by atoms with Crippen LogP contribution in [0.4, 0.5) is 5.69 Å². The molecule has 0 unspecified atom stereocenters. The molecule has 0 spiro atoms. The van der Waals surface area contributed by atoms with Gasteiger partial charge in [-0.05, 0) is 37.1 Å². The molecule has 1 aliphatic rings. The van der Waals surface area contributed by atoms with E-state index in [-0.39, 0.29) is 24.4 Å². The number of carbonyl (C=O) groups is 3. The molecule has 5 heteroatoms. The summed E-state index contributed by atoms with van der Waals surface area (Å²) in [6.07, 6.45) is 3.18. The van der Waals surface area contributed by atoms with Gasteiger partial charge in [0.05, 0.1) is 11.1 Å². The SMILES string of the molecule is CCCCCC(=O)N(CN1C(=O)c2ccccc2C1=O)c1ccccc1C. The average molecular weight is 364 g/mol. The first-order chi connectivity index (χ1) is 13.0. The van der Waals surface area contributed by atoms with E-state index in [9.17, 15) is 14.4 Å². The molecule has 0 bridgehead atoms. The van der Waals surface area contributed by atoms with E-state index in [0.29, 0.717) is 17.5 Å². The van der Waals surface area contributed by atoms with Gasteiger partial charge in [0.25, 0.3) is 11.8 Å². The summed E-state index contributed by atoms with van der Waals surface area (Å²) in [5.74, 6) is -0.777. The molecule has 0 radical (unpaired) electrons. The van der Waals surface area contributed by atoms with Crippen LogP contribution >= 0.6 is 0 Å². The number of imide groups is 1. The Labute approximate surface area is 159 Å². The Morgan fingerprint density at radius 1 is 0.926 bits per heavy atom. The maximum Gasteiger partial charge on any atom is 0.263 e. The number of anilines is 1. The van der Waals surface area contributed by atoms with Crippen molar-refractivity contribution in [1.29, 1.82) is 0 Å². The zero-order chi connectivity index (χ0) is 19.4. The fourth-order valence-corrected chi connectivity index (χ4v) is 3.33. The van der Waals surface area contributed by atoms with Gasteiger partial charge in [0, 0.05) is 12.1 Å². The van der Waals surface area contributed by atoms with Gasteiger partial charge in [-0.15, -0.1) is 0 Å². The van der Waals surface area contributed by atoms with Gasteiger partial charge in [-0.2, -0.15) is 0 Å². The Hall–Kier alpha value is -2.95. The Morgan fingerprint density at radius 2 is 1.52 bits per heavy atom. The van der Waals surface area contributed by atoms with Crippen LogP contribution < -0.4 is 4.90 Å². The molecule has 2 aromatic carbocycles. The number of amides is 3. The van der Waals surface area contributed by atoms with Gasteiger partial charge in [-0.25, -0.2) is 0 Å². The van der Waals surface area contributed by atoms with E-state index in [1.807, 2.05) is 31.2 Å². The molecule has 0 aromatic heterocycles. The highest BCUT2D eigenvalue weighted by molar-refractivity contribution is 6.21. The number of hydrogen-bond acceptors (Lipinski definition) is 3. The van der Waals surface area contributed by atoms with Crippen molar-refractivity contribution < 1.29 is 14.4 Å². The number of unbranched alkanes of at least 4 members (excludes halogenated alkanes) is 2. The van der Waals surface area contributed by atoms with Crippen molar-refractivity contribution in [1.82, 2.24) is 4.90 Å². The number of benzene rings is 2. The number of fused-ring (bicyclic) bond motifs is 1. The first kappa shape index (κ1) is 18.8. The molecule has 3 rings (SSSR count). The van der Waals surface area contributed by atoms with Crippen molar-refractivity contribution in [3.63, 3.8) is 0 Å². The fraction of sp³-hybridized carbons (Fsp3) is 0.318. The lowest BCUT2D eigenvalue weighted by Crippen LogP contribution is -2.44. The van der Waals surface area contributed by atoms with Crippen molar-refractivity contribution in [2.24, 2.45) is 0 Å². The molecule has 27 heavy (non-hydrogen) atoms. The lowest BCUT2D eigenvalue weighted by Gasteiger charge is -2.28. The van der Waals surface area contributed by atoms with Crippen molar-refractivity contribution in [2.75, 3.05) is 11.6 Å². The van der Waals surface area contributed by atoms with Gasteiger partial charge in [0.1, 0.15) is 6.67 Å². The summed E-state index contributed by atoms with van der Waals surface area (Å²) in [5.41, 5.74) is 2.45. The third-order valence-electron chi connectivity index (χ3n) is 4.86. The Morgan fingerprint density at radius 3 is 2.11 bits per heavy atom. The van der Waals surface area contributed by atoms with Gasteiger partial charge in [0.15, 0.2) is 0 Å². The summed E-state index contributed by atoms with van der Waals surface area (Å²) in [6, 6.07) is 14.3. The highest BCUT2D eigenvalue weighted by atomic mass is 16.2. The van der Waals surface area contributed by atoms with E-state index in [2.05, 4.69) is 6.92 Å². The third-order valence-corrected chi connectivity index (χ3v) is 4.86. The van der Waals surface area contributed by atoms with Crippen LogP contribution in [0.1, 0.15) is 58.9 Å². The number of nitrogens with zero attached hydrogens (tertiary/aromatic N) is 2. The van der Waals surface area contributed by atoms with Crippen LogP contribution in [0, 0.1) is 6.92 Å². The molecule has 0 saturated heterocycles. The first-order valence-corrected chi connectivity index (χ1v) is 9.35. The minimum absolute atomic E-state index is 0.0673. The maximum atomic E-state index is 12.9. The van der Waals surface area contributed by atoms with Crippen LogP contribution in [0.25, 0.3) is 0 Å². The predicted octanol–water partition coefficient (Wildman–Crippen LogP) is 4.16. The standard InChI is InChI=1S/C22H24N2O3/c1-3-4-5-14-20(25)23(19-13-9-6-10-16(19)2)15-24-21(26)17-11-7-8-12-18(17)22(24)27/h6-13H,3-5,14-15H2,1-2H3. The number of para-hydroxylation sites is 1. The molecule has 1 heterocycles. The Bertz CT molecular complexity index is 840. The first-order valence-electron chi connectivity index (χ1n) is 9.35. The van der Waals surface area contributed by atoms with Crippen LogP contribution in [-0.2, 0) is 4.79 Å². The normalized spacial score (nSPS) is 13.0. The monoisotopic (exact) mass is 364 g/mol. The molecule has 140 valence electrons. The smallest absolute Gasteiger partial charge is 0.263 e. The Balaban J connectivity index is 1.88. The van der Waals surface area contributed by atoms with Crippen LogP contribution in [-0.4, -0.2) is 29.3 Å². The summed E-state index contributed by atoms with van der Waals surface area (Å²) in [4.78, 5) is 41.1. The van der Waals surface area contributed by atoms with E-state index in [0.717, 1.165) is 35.4 Å². The second-order valence-electron chi connectivity index (χ2n) is 6.79. The van der Waals surface area contributed by atoms with Crippen molar-refractivity contribution in [3.05, 3.63) is 65.2 Å². The highest BCUT2D eigenvalue weighted by Gasteiger charge is 2.37. The zero-order valence-electron chi connectivity index (χ0n) is 15.8. The largest absolute Gasteiger partial charge is 0.293 e. The Kier molecular flexibility index (Phi) is 5.69. The molecule has 1 aliphatic heterocycles. The van der Waals surface area contributed by atoms with Crippen molar-refractivity contribution in [3.8, 4) is 0 Å². The van der Waals surface area contributed by atoms with Crippen LogP contribution in [0.15, 0.2) is 48.5 Å². The quantitative estimate of drug-likeness (QED) is 0.547. The summed E-state index contributed by atoms with van der Waals surface area (Å²) in [6.45, 7) is 3.94. The van der Waals surface area contributed by atoms with Gasteiger partial charge < -0.3 is 0 Å². The zero-order valence-corrected chi connectivity index (χ0v) is 15.8. The number of rotatable bonds is 7. The van der Waals surface area contributed by atoms with E-state index < -0.39 is 0 Å². The van der Waals surface area contributed by atoms with Gasteiger partial charge in [-0.1, -0.05) is 50.1 Å². The average Bonchev–Trinajstić information content (AvgIpc) is 2.92. The van der Waals surface area contributed by atoms with E-state index in [1.165, 1.54) is 0 Å². The third kappa shape index (κ3) is 3.77. The fourth-order valence-electron chi connectivity index (χ4n) is 3.33. The lowest BCUT2D eigenvalue weighted by molar-refractivity contribution is -0.119. The summed E-state index contributed by atoms with van der Waals surface area (Å²) >= 11 is 0. The lowest BCUT2D eigenvalue weighted by atomic mass is 10.1. The predicted molar refractivity (Wildman–Crippen MR) is 105 cm³/mol. The van der Waals surface area contributed by atoms with Crippen LogP contribution in [0.3, 0.4) is 0 Å². The van der Waals surface area contributed by atoms with Crippen LogP contribution in [0.2, 0.25) is 0 Å². The molecule has 3 amide bonds. The number of aryl methyl sites for hydroxylation is 1. The molecular weight excluding hydrogens is 340 g/mol. The molecule has 0 saturated carbocycles. The summed E-state index contributed by atoms with van der Waals surface area (Å²) in [7, 11) is 0. The molecule has 0 N–H and O–H groups in total. The number of hydrogen-bond donors (Lipinski definition) is 0. The highest BCUT2D eigenvalue weighted by Crippen LogP contribution is 2.26. The minimum atomic E-state index is -0.351. The molecule has 5 nitrogen and oxygen atoms in total. The van der Waals surface area contributed by atoms with E-state index in [1.54, 1.807) is 29.2 Å². The van der Waals surface area contributed by atoms with Crippen molar-refractivity contribution in [2.45, 2.75) is 39.5 Å². The second kappa shape index (κ2) is 8.16. The van der Waals surface area contributed by atoms with E-state index in [4.69, 9.17) is 0 Å². The molecule has 0 atom stereocenters. The second-order valence-corrected chi connectivity index (χ2v) is 6.79. The van der Waals surface area contributed by atoms with Crippen molar-refractivity contribution >= 4 is 23.4 Å². The summed E-state index contributed by atoms with van der Waals surface area (Å²) < 4.78 is 0. The summed E-state index contributed by atoms with van der Waals surface area (Å²) in [5, 5.41) is 0.